The number of hydrogen-bond donors (Lipinski definition) is 2. The van der Waals surface area contributed by atoms with E-state index in [1.165, 1.54) is 24.3 Å². The van der Waals surface area contributed by atoms with Crippen LogP contribution in [-0.4, -0.2) is 47.9 Å². The minimum atomic E-state index is -0.640. The highest BCUT2D eigenvalue weighted by Crippen LogP contribution is 2.07. The molecule has 0 saturated carbocycles. The zero-order chi connectivity index (χ0) is 19.9. The van der Waals surface area contributed by atoms with E-state index in [0.717, 1.165) is 6.54 Å². The largest absolute Gasteiger partial charge is 0.353 e. The fourth-order valence-electron chi connectivity index (χ4n) is 2.89. The highest BCUT2D eigenvalue weighted by molar-refractivity contribution is 5.97. The Bertz CT molecular complexity index is 577. The molecule has 0 aliphatic rings. The highest BCUT2D eigenvalue weighted by atomic mass is 19.1. The van der Waals surface area contributed by atoms with E-state index in [1.54, 1.807) is 0 Å². The Hall–Kier alpha value is -1.95. The van der Waals surface area contributed by atoms with Gasteiger partial charge >= 0.3 is 0 Å². The molecular weight excluding hydrogens is 333 g/mol. The van der Waals surface area contributed by atoms with Gasteiger partial charge in [0.1, 0.15) is 11.9 Å². The molecule has 1 atom stereocenters. The van der Waals surface area contributed by atoms with Gasteiger partial charge in [-0.1, -0.05) is 13.8 Å². The average molecular weight is 365 g/mol. The lowest BCUT2D eigenvalue weighted by molar-refractivity contribution is -0.124. The number of hydrogen-bond acceptors (Lipinski definition) is 3. The molecule has 0 heterocycles. The number of carbonyl (C=O) groups excluding carboxylic acids is 2. The second-order valence-corrected chi connectivity index (χ2v) is 7.42. The maximum absolute atomic E-state index is 13.0. The van der Waals surface area contributed by atoms with Crippen LogP contribution in [0.1, 0.15) is 51.9 Å². The molecule has 0 spiro atoms. The van der Waals surface area contributed by atoms with Gasteiger partial charge in [0.25, 0.3) is 5.91 Å². The van der Waals surface area contributed by atoms with E-state index >= 15 is 0 Å². The highest BCUT2D eigenvalue weighted by Gasteiger charge is 2.24. The van der Waals surface area contributed by atoms with Gasteiger partial charge in [0, 0.05) is 30.7 Å². The van der Waals surface area contributed by atoms with E-state index in [2.05, 4.69) is 43.2 Å². The zero-order valence-electron chi connectivity index (χ0n) is 16.7. The molecule has 1 rings (SSSR count). The molecule has 1 aromatic rings. The summed E-state index contributed by atoms with van der Waals surface area (Å²) in [6, 6.07) is 5.42. The van der Waals surface area contributed by atoms with Gasteiger partial charge in [-0.05, 0) is 57.9 Å². The van der Waals surface area contributed by atoms with Crippen molar-refractivity contribution in [3.05, 3.63) is 35.6 Å². The summed E-state index contributed by atoms with van der Waals surface area (Å²) < 4.78 is 13.0. The summed E-state index contributed by atoms with van der Waals surface area (Å²) in [6.45, 7) is 13.5. The zero-order valence-corrected chi connectivity index (χ0v) is 16.7. The first-order valence-corrected chi connectivity index (χ1v) is 9.23. The monoisotopic (exact) mass is 365 g/mol. The van der Waals surface area contributed by atoms with Crippen molar-refractivity contribution in [2.24, 2.45) is 5.92 Å². The van der Waals surface area contributed by atoms with Crippen LogP contribution >= 0.6 is 0 Å². The van der Waals surface area contributed by atoms with Crippen LogP contribution in [0.3, 0.4) is 0 Å². The predicted molar refractivity (Wildman–Crippen MR) is 102 cm³/mol. The number of carbonyl (C=O) groups is 2. The van der Waals surface area contributed by atoms with E-state index < -0.39 is 11.9 Å². The summed E-state index contributed by atoms with van der Waals surface area (Å²) in [5.41, 5.74) is 0.329. The molecule has 0 fully saturated rings. The number of nitrogens with one attached hydrogen (secondary N) is 2. The van der Waals surface area contributed by atoms with Crippen LogP contribution in [0, 0.1) is 11.7 Å². The van der Waals surface area contributed by atoms with Crippen molar-refractivity contribution in [1.82, 2.24) is 15.5 Å². The molecular formula is C20H32FN3O2. The summed E-state index contributed by atoms with van der Waals surface area (Å²) in [7, 11) is 0. The smallest absolute Gasteiger partial charge is 0.251 e. The quantitative estimate of drug-likeness (QED) is 0.707. The molecule has 2 amide bonds. The van der Waals surface area contributed by atoms with Crippen molar-refractivity contribution in [1.29, 1.82) is 0 Å². The molecule has 26 heavy (non-hydrogen) atoms. The third kappa shape index (κ3) is 6.75. The van der Waals surface area contributed by atoms with E-state index in [1.807, 2.05) is 13.8 Å². The van der Waals surface area contributed by atoms with Crippen LogP contribution in [0.5, 0.6) is 0 Å². The van der Waals surface area contributed by atoms with Gasteiger partial charge in [0.05, 0.1) is 0 Å². The van der Waals surface area contributed by atoms with Gasteiger partial charge in [-0.15, -0.1) is 0 Å². The first-order chi connectivity index (χ1) is 12.1. The lowest BCUT2D eigenvalue weighted by atomic mass is 10.0. The van der Waals surface area contributed by atoms with Crippen LogP contribution in [-0.2, 0) is 4.79 Å². The van der Waals surface area contributed by atoms with Gasteiger partial charge < -0.3 is 10.6 Å². The SMILES string of the molecule is CC(C)C(NC(=O)c1ccc(F)cc1)C(=O)NCCN(C(C)C)C(C)C. The van der Waals surface area contributed by atoms with E-state index in [9.17, 15) is 14.0 Å². The summed E-state index contributed by atoms with van der Waals surface area (Å²) >= 11 is 0. The number of amides is 2. The first kappa shape index (κ1) is 22.1. The molecule has 0 aliphatic carbocycles. The Balaban J connectivity index is 2.64. The molecule has 6 heteroatoms. The molecule has 1 unspecified atom stereocenters. The Morgan fingerprint density at radius 3 is 2.00 bits per heavy atom. The molecule has 0 radical (unpaired) electrons. The third-order valence-corrected chi connectivity index (χ3v) is 4.34. The minimum absolute atomic E-state index is 0.0642. The molecule has 0 bridgehead atoms. The first-order valence-electron chi connectivity index (χ1n) is 9.23. The summed E-state index contributed by atoms with van der Waals surface area (Å²) in [4.78, 5) is 27.1. The third-order valence-electron chi connectivity index (χ3n) is 4.34. The van der Waals surface area contributed by atoms with E-state index in [4.69, 9.17) is 0 Å². The number of benzene rings is 1. The second-order valence-electron chi connectivity index (χ2n) is 7.42. The normalized spacial score (nSPS) is 12.7. The van der Waals surface area contributed by atoms with Crippen LogP contribution in [0.15, 0.2) is 24.3 Å². The van der Waals surface area contributed by atoms with Crippen LogP contribution in [0.25, 0.3) is 0 Å². The van der Waals surface area contributed by atoms with Crippen molar-refractivity contribution in [2.75, 3.05) is 13.1 Å². The van der Waals surface area contributed by atoms with Crippen molar-refractivity contribution >= 4 is 11.8 Å². The van der Waals surface area contributed by atoms with Gasteiger partial charge in [-0.3, -0.25) is 14.5 Å². The van der Waals surface area contributed by atoms with Crippen molar-refractivity contribution < 1.29 is 14.0 Å². The summed E-state index contributed by atoms with van der Waals surface area (Å²) in [5.74, 6) is -1.06. The molecule has 0 aromatic heterocycles. The van der Waals surface area contributed by atoms with Crippen molar-refractivity contribution in [2.45, 2.75) is 59.7 Å². The second kappa shape index (κ2) is 10.3. The Morgan fingerprint density at radius 1 is 1.00 bits per heavy atom. The van der Waals surface area contributed by atoms with Gasteiger partial charge in [-0.25, -0.2) is 4.39 Å². The Labute approximate surface area is 156 Å². The number of rotatable bonds is 9. The maximum Gasteiger partial charge on any atom is 0.251 e. The van der Waals surface area contributed by atoms with E-state index in [0.29, 0.717) is 24.2 Å². The Kier molecular flexibility index (Phi) is 8.72. The fourth-order valence-corrected chi connectivity index (χ4v) is 2.89. The van der Waals surface area contributed by atoms with E-state index in [-0.39, 0.29) is 17.7 Å². The van der Waals surface area contributed by atoms with Crippen LogP contribution < -0.4 is 10.6 Å². The summed E-state index contributed by atoms with van der Waals surface area (Å²) in [6.07, 6.45) is 0. The fraction of sp³-hybridized carbons (Fsp3) is 0.600. The molecule has 146 valence electrons. The van der Waals surface area contributed by atoms with Crippen molar-refractivity contribution in [3.63, 3.8) is 0 Å². The Morgan fingerprint density at radius 2 is 1.54 bits per heavy atom. The maximum atomic E-state index is 13.0. The van der Waals surface area contributed by atoms with Gasteiger partial charge in [0.15, 0.2) is 0 Å². The number of halogens is 1. The average Bonchev–Trinajstić information content (AvgIpc) is 2.55. The lowest BCUT2D eigenvalue weighted by Crippen LogP contribution is -2.51. The predicted octanol–water partition coefficient (Wildman–Crippen LogP) is 2.82. The molecule has 1 aromatic carbocycles. The van der Waals surface area contributed by atoms with Gasteiger partial charge in [0.2, 0.25) is 5.91 Å². The molecule has 0 saturated heterocycles. The molecule has 2 N–H and O–H groups in total. The van der Waals surface area contributed by atoms with Gasteiger partial charge in [-0.2, -0.15) is 0 Å². The number of nitrogens with zero attached hydrogens (tertiary/aromatic N) is 1. The standard InChI is InChI=1S/C20H32FN3O2/c1-13(2)18(23-19(25)16-7-9-17(21)10-8-16)20(26)22-11-12-24(14(3)4)15(5)6/h7-10,13-15,18H,11-12H2,1-6H3,(H,22,26)(H,23,25). The molecule has 0 aliphatic heterocycles. The topological polar surface area (TPSA) is 61.4 Å². The van der Waals surface area contributed by atoms with Crippen LogP contribution in [0.2, 0.25) is 0 Å². The van der Waals surface area contributed by atoms with Crippen LogP contribution in [0.4, 0.5) is 4.39 Å². The minimum Gasteiger partial charge on any atom is -0.353 e. The lowest BCUT2D eigenvalue weighted by Gasteiger charge is -2.31. The molecule has 5 nitrogen and oxygen atoms in total. The van der Waals surface area contributed by atoms with Crippen molar-refractivity contribution in [3.8, 4) is 0 Å². The summed E-state index contributed by atoms with van der Waals surface area (Å²) in [5, 5.41) is 5.66.